The van der Waals surface area contributed by atoms with Crippen molar-refractivity contribution in [2.24, 2.45) is 0 Å². The third kappa shape index (κ3) is 4.17. The Bertz CT molecular complexity index is 1320. The monoisotopic (exact) mass is 478 g/mol. The minimum atomic E-state index is -0.565. The summed E-state index contributed by atoms with van der Waals surface area (Å²) in [4.78, 5) is 10.8. The highest BCUT2D eigenvalue weighted by atomic mass is 35.5. The van der Waals surface area contributed by atoms with E-state index in [4.69, 9.17) is 11.6 Å². The number of β-amino-alcohol motifs (C(OH)–C–C–N with tert-alkyl or cyclic N) is 1. The van der Waals surface area contributed by atoms with Crippen LogP contribution in [-0.4, -0.2) is 63.0 Å². The van der Waals surface area contributed by atoms with E-state index < -0.39 is 6.10 Å². The van der Waals surface area contributed by atoms with Gasteiger partial charge in [0, 0.05) is 25.2 Å². The molecule has 0 radical (unpaired) electrons. The smallest absolute Gasteiger partial charge is 0.247 e. The van der Waals surface area contributed by atoms with Gasteiger partial charge in [-0.15, -0.1) is 5.10 Å². The number of likely N-dealkylation sites (N-methyl/N-ethyl adjacent to an activating group) is 1. The lowest BCUT2D eigenvalue weighted by Gasteiger charge is -2.37. The van der Waals surface area contributed by atoms with Crippen LogP contribution < -0.4 is 20.9 Å². The zero-order valence-corrected chi connectivity index (χ0v) is 19.2. The molecule has 1 saturated heterocycles. The highest BCUT2D eigenvalue weighted by Gasteiger charge is 2.29. The molecule has 3 aromatic rings. The highest BCUT2D eigenvalue weighted by Crippen LogP contribution is 2.37. The lowest BCUT2D eigenvalue weighted by Crippen LogP contribution is -2.51. The molecule has 2 fully saturated rings. The Hall–Kier alpha value is -3.64. The normalized spacial score (nSPS) is 20.1. The van der Waals surface area contributed by atoms with Crippen LogP contribution in [0.15, 0.2) is 18.3 Å². The minimum Gasteiger partial charge on any atom is -0.390 e. The topological polar surface area (TPSA) is 150 Å². The van der Waals surface area contributed by atoms with Crippen molar-refractivity contribution in [3.05, 3.63) is 34.6 Å². The molecule has 2 aliphatic rings. The summed E-state index contributed by atoms with van der Waals surface area (Å²) in [5, 5.41) is 43.9. The number of aliphatic hydroxyl groups is 1. The van der Waals surface area contributed by atoms with Crippen molar-refractivity contribution in [3.8, 4) is 12.1 Å². The lowest BCUT2D eigenvalue weighted by molar-refractivity contribution is 0.118. The van der Waals surface area contributed by atoms with Gasteiger partial charge in [0.15, 0.2) is 17.2 Å². The Balaban J connectivity index is 1.51. The third-order valence-electron chi connectivity index (χ3n) is 6.12. The second-order valence-electron chi connectivity index (χ2n) is 8.48. The molecule has 2 aromatic heterocycles. The van der Waals surface area contributed by atoms with Crippen LogP contribution in [0.1, 0.15) is 30.5 Å². The summed E-state index contributed by atoms with van der Waals surface area (Å²) in [6.45, 7) is 1.06. The number of fused-ring (bicyclic) bond motifs is 1. The zero-order chi connectivity index (χ0) is 23.8. The lowest BCUT2D eigenvalue weighted by atomic mass is 10.0. The van der Waals surface area contributed by atoms with Gasteiger partial charge >= 0.3 is 0 Å². The highest BCUT2D eigenvalue weighted by molar-refractivity contribution is 6.36. The first-order chi connectivity index (χ1) is 16.5. The number of piperidine rings is 1. The molecular weight excluding hydrogens is 456 g/mol. The van der Waals surface area contributed by atoms with Crippen LogP contribution in [0.3, 0.4) is 0 Å². The summed E-state index contributed by atoms with van der Waals surface area (Å²) in [6, 6.07) is 7.92. The fourth-order valence-corrected chi connectivity index (χ4v) is 4.41. The molecule has 1 aliphatic carbocycles. The second kappa shape index (κ2) is 8.95. The van der Waals surface area contributed by atoms with Crippen LogP contribution in [0.25, 0.3) is 5.65 Å². The minimum absolute atomic E-state index is 0.00814. The number of rotatable bonds is 6. The number of aliphatic hydroxyl groups excluding tert-OH is 1. The van der Waals surface area contributed by atoms with Gasteiger partial charge < -0.3 is 26.0 Å². The van der Waals surface area contributed by atoms with Gasteiger partial charge in [0.2, 0.25) is 5.95 Å². The van der Waals surface area contributed by atoms with E-state index in [1.165, 1.54) is 10.7 Å². The second-order valence-corrected chi connectivity index (χ2v) is 8.86. The van der Waals surface area contributed by atoms with Crippen molar-refractivity contribution < 1.29 is 5.11 Å². The van der Waals surface area contributed by atoms with E-state index in [1.807, 2.05) is 11.9 Å². The summed E-state index contributed by atoms with van der Waals surface area (Å²) in [6.07, 6.45) is 3.71. The standard InChI is InChI=1S/C22H23ClN10O/c1-26-15-4-5-32(11-18(15)34)17-7-12(8-24)6-16(19(17)23)29-22-30-20(28-13-2-3-13)21-27-10-14(9-25)33(21)31-22/h6-7,10,13,15,18,26,34H,2-5,11H2,1H3,(H2,28,29,30,31). The van der Waals surface area contributed by atoms with Gasteiger partial charge in [0.05, 0.1) is 40.3 Å². The Kier molecular flexibility index (Phi) is 5.84. The van der Waals surface area contributed by atoms with Crippen molar-refractivity contribution in [2.45, 2.75) is 37.5 Å². The van der Waals surface area contributed by atoms with Crippen LogP contribution in [0.2, 0.25) is 5.02 Å². The van der Waals surface area contributed by atoms with Gasteiger partial charge in [-0.05, 0) is 38.4 Å². The van der Waals surface area contributed by atoms with Gasteiger partial charge in [-0.1, -0.05) is 11.6 Å². The van der Waals surface area contributed by atoms with Gasteiger partial charge in [-0.25, -0.2) is 4.98 Å². The molecule has 11 nitrogen and oxygen atoms in total. The van der Waals surface area contributed by atoms with Crippen molar-refractivity contribution in [1.29, 1.82) is 10.5 Å². The Morgan fingerprint density at radius 1 is 1.21 bits per heavy atom. The van der Waals surface area contributed by atoms with E-state index in [0.717, 1.165) is 19.3 Å². The van der Waals surface area contributed by atoms with Crippen molar-refractivity contribution in [2.75, 3.05) is 35.7 Å². The fraction of sp³-hybridized carbons (Fsp3) is 0.409. The maximum atomic E-state index is 10.5. The molecule has 4 N–H and O–H groups in total. The molecule has 12 heteroatoms. The van der Waals surface area contributed by atoms with Crippen molar-refractivity contribution in [3.63, 3.8) is 0 Å². The molecule has 34 heavy (non-hydrogen) atoms. The van der Waals surface area contributed by atoms with Crippen molar-refractivity contribution in [1.82, 2.24) is 24.9 Å². The quantitative estimate of drug-likeness (QED) is 0.414. The van der Waals surface area contributed by atoms with E-state index >= 15 is 0 Å². The number of hydrogen-bond donors (Lipinski definition) is 4. The predicted octanol–water partition coefficient (Wildman–Crippen LogP) is 2.00. The number of hydrogen-bond acceptors (Lipinski definition) is 10. The van der Waals surface area contributed by atoms with Gasteiger partial charge in [0.25, 0.3) is 0 Å². The van der Waals surface area contributed by atoms with Crippen LogP contribution in [-0.2, 0) is 0 Å². The zero-order valence-electron chi connectivity index (χ0n) is 18.5. The fourth-order valence-electron chi connectivity index (χ4n) is 4.13. The number of nitriles is 2. The van der Waals surface area contributed by atoms with Gasteiger partial charge in [-0.2, -0.15) is 20.0 Å². The van der Waals surface area contributed by atoms with E-state index in [9.17, 15) is 15.6 Å². The Morgan fingerprint density at radius 2 is 2.03 bits per heavy atom. The summed E-state index contributed by atoms with van der Waals surface area (Å²) in [5.74, 6) is 0.730. The number of imidazole rings is 1. The number of aromatic nitrogens is 4. The molecular formula is C22H23ClN10O. The van der Waals surface area contributed by atoms with E-state index in [2.05, 4.69) is 43.2 Å². The number of nitrogens with zero attached hydrogens (tertiary/aromatic N) is 7. The van der Waals surface area contributed by atoms with Gasteiger partial charge in [-0.3, -0.25) is 0 Å². The molecule has 1 aromatic carbocycles. The van der Waals surface area contributed by atoms with Crippen LogP contribution >= 0.6 is 11.6 Å². The summed E-state index contributed by atoms with van der Waals surface area (Å²) >= 11 is 6.78. The molecule has 0 amide bonds. The number of nitrogens with one attached hydrogen (secondary N) is 3. The molecule has 5 rings (SSSR count). The van der Waals surface area contributed by atoms with Crippen molar-refractivity contribution >= 4 is 40.4 Å². The number of benzene rings is 1. The maximum Gasteiger partial charge on any atom is 0.247 e. The predicted molar refractivity (Wildman–Crippen MR) is 127 cm³/mol. The molecule has 0 bridgehead atoms. The SMILES string of the molecule is CNC1CCN(c2cc(C#N)cc(Nc3nc(NC4CC4)c4ncc(C#N)n4n3)c2Cl)CC1O. The molecule has 2 unspecified atom stereocenters. The number of halogens is 1. The average Bonchev–Trinajstić information content (AvgIpc) is 3.56. The first-order valence-corrected chi connectivity index (χ1v) is 11.4. The summed E-state index contributed by atoms with van der Waals surface area (Å²) in [7, 11) is 1.83. The molecule has 174 valence electrons. The van der Waals surface area contributed by atoms with Crippen LogP contribution in [0, 0.1) is 22.7 Å². The Labute approximate surface area is 201 Å². The summed E-state index contributed by atoms with van der Waals surface area (Å²) < 4.78 is 1.43. The third-order valence-corrected chi connectivity index (χ3v) is 6.51. The molecule has 1 aliphatic heterocycles. The van der Waals surface area contributed by atoms with Gasteiger partial charge in [0.1, 0.15) is 6.07 Å². The number of anilines is 4. The Morgan fingerprint density at radius 3 is 2.71 bits per heavy atom. The largest absolute Gasteiger partial charge is 0.390 e. The van der Waals surface area contributed by atoms with E-state index in [0.29, 0.717) is 52.6 Å². The van der Waals surface area contributed by atoms with Crippen LogP contribution in [0.4, 0.5) is 23.1 Å². The maximum absolute atomic E-state index is 10.5. The molecule has 1 saturated carbocycles. The van der Waals surface area contributed by atoms with E-state index in [-0.39, 0.29) is 17.7 Å². The van der Waals surface area contributed by atoms with E-state index in [1.54, 1.807) is 12.1 Å². The first-order valence-electron chi connectivity index (χ1n) is 11.0. The summed E-state index contributed by atoms with van der Waals surface area (Å²) in [5.41, 5.74) is 2.25. The molecule has 2 atom stereocenters. The average molecular weight is 479 g/mol. The molecule has 3 heterocycles. The first kappa shape index (κ1) is 22.2. The van der Waals surface area contributed by atoms with Crippen LogP contribution in [0.5, 0.6) is 0 Å². The molecule has 0 spiro atoms.